The van der Waals surface area contributed by atoms with E-state index >= 15 is 0 Å². The molecule has 1 unspecified atom stereocenters. The average molecular weight is 447 g/mol. The first-order valence-electron chi connectivity index (χ1n) is 10.0. The number of hydrogen-bond acceptors (Lipinski definition) is 7. The van der Waals surface area contributed by atoms with E-state index in [0.717, 1.165) is 32.8 Å². The molecular weight excluding hydrogens is 412 g/mol. The molecule has 0 radical (unpaired) electrons. The number of hydrogen-bond donors (Lipinski definition) is 5. The molecule has 0 rings (SSSR count). The normalized spacial score (nSPS) is 12.6. The Hall–Kier alpha value is -2.89. The van der Waals surface area contributed by atoms with Gasteiger partial charge in [-0.05, 0) is 33.6 Å². The van der Waals surface area contributed by atoms with E-state index in [4.69, 9.17) is 14.9 Å². The van der Waals surface area contributed by atoms with Crippen LogP contribution < -0.4 is 16.0 Å². The van der Waals surface area contributed by atoms with Gasteiger partial charge in [-0.1, -0.05) is 25.7 Å². The van der Waals surface area contributed by atoms with Crippen LogP contribution in [0.5, 0.6) is 0 Å². The molecule has 0 aliphatic carbocycles. The highest BCUT2D eigenvalue weighted by Gasteiger charge is 2.25. The minimum Gasteiger partial charge on any atom is -0.479 e. The fraction of sp³-hybridized carbons (Fsp3) is 0.737. The second kappa shape index (κ2) is 15.0. The predicted octanol–water partition coefficient (Wildman–Crippen LogP) is 1.69. The molecule has 1 atom stereocenters. The van der Waals surface area contributed by atoms with E-state index in [1.807, 2.05) is 5.32 Å². The summed E-state index contributed by atoms with van der Waals surface area (Å²) >= 11 is 0. The summed E-state index contributed by atoms with van der Waals surface area (Å²) in [5.41, 5.74) is -0.719. The molecule has 0 spiro atoms. The lowest BCUT2D eigenvalue weighted by Crippen LogP contribution is -2.45. The molecule has 12 nitrogen and oxygen atoms in total. The number of carboxylic acid groups (broad SMARTS) is 2. The molecule has 0 aliphatic rings. The van der Waals surface area contributed by atoms with Crippen molar-refractivity contribution in [2.75, 3.05) is 20.2 Å². The summed E-state index contributed by atoms with van der Waals surface area (Å²) < 4.78 is 9.66. The first kappa shape index (κ1) is 28.1. The van der Waals surface area contributed by atoms with Gasteiger partial charge in [-0.15, -0.1) is 0 Å². The lowest BCUT2D eigenvalue weighted by atomic mass is 10.1. The minimum absolute atomic E-state index is 0.187. The highest BCUT2D eigenvalue weighted by molar-refractivity contribution is 6.01. The Labute approximate surface area is 181 Å². The number of carbonyl (C=O) groups excluding carboxylic acids is 2. The maximum atomic E-state index is 11.7. The first-order valence-corrected chi connectivity index (χ1v) is 10.0. The van der Waals surface area contributed by atoms with Gasteiger partial charge in [0, 0.05) is 20.2 Å². The van der Waals surface area contributed by atoms with Crippen LogP contribution in [-0.2, 0) is 19.1 Å². The molecule has 0 fully saturated rings. The van der Waals surface area contributed by atoms with Crippen LogP contribution in [0, 0.1) is 0 Å². The molecule has 0 aromatic rings. The Morgan fingerprint density at radius 3 is 2.03 bits per heavy atom. The maximum absolute atomic E-state index is 11.7. The summed E-state index contributed by atoms with van der Waals surface area (Å²) in [6.07, 6.45) is 1.33. The highest BCUT2D eigenvalue weighted by atomic mass is 16.6. The third-order valence-corrected chi connectivity index (χ3v) is 3.70. The Morgan fingerprint density at radius 2 is 1.52 bits per heavy atom. The van der Waals surface area contributed by atoms with Crippen molar-refractivity contribution in [3.8, 4) is 0 Å². The maximum Gasteiger partial charge on any atom is 0.414 e. The largest absolute Gasteiger partial charge is 0.479 e. The summed E-state index contributed by atoms with van der Waals surface area (Å²) in [5, 5.41) is 24.5. The number of alkyl carbamates (subject to hydrolysis) is 1. The smallest absolute Gasteiger partial charge is 0.414 e. The van der Waals surface area contributed by atoms with Crippen molar-refractivity contribution >= 4 is 30.0 Å². The summed E-state index contributed by atoms with van der Waals surface area (Å²) in [6, 6.07) is 0. The molecule has 0 heterocycles. The van der Waals surface area contributed by atoms with Crippen molar-refractivity contribution in [3.63, 3.8) is 0 Å². The zero-order valence-corrected chi connectivity index (χ0v) is 18.5. The number of methoxy groups -OCH3 is 1. The van der Waals surface area contributed by atoms with Crippen LogP contribution in [0.15, 0.2) is 4.99 Å². The minimum atomic E-state index is -1.49. The van der Waals surface area contributed by atoms with Crippen LogP contribution in [0.1, 0.15) is 59.3 Å². The number of aliphatic imine (C=N–C) groups is 1. The second-order valence-electron chi connectivity index (χ2n) is 7.65. The summed E-state index contributed by atoms with van der Waals surface area (Å²) in [4.78, 5) is 49.0. The molecule has 3 amide bonds. The summed E-state index contributed by atoms with van der Waals surface area (Å²) in [5.74, 6) is -2.18. The lowest BCUT2D eigenvalue weighted by molar-refractivity contribution is -0.155. The van der Waals surface area contributed by atoms with E-state index < -0.39 is 35.8 Å². The first-order chi connectivity index (χ1) is 14.5. The highest BCUT2D eigenvalue weighted by Crippen LogP contribution is 2.07. The van der Waals surface area contributed by atoms with Gasteiger partial charge in [0.05, 0.1) is 0 Å². The van der Waals surface area contributed by atoms with E-state index in [-0.39, 0.29) is 5.96 Å². The van der Waals surface area contributed by atoms with Crippen molar-refractivity contribution in [1.82, 2.24) is 16.0 Å². The molecule has 0 saturated carbocycles. The Morgan fingerprint density at radius 1 is 0.935 bits per heavy atom. The lowest BCUT2D eigenvalue weighted by Gasteiger charge is -2.20. The molecule has 178 valence electrons. The van der Waals surface area contributed by atoms with Gasteiger partial charge >= 0.3 is 18.2 Å². The zero-order valence-electron chi connectivity index (χ0n) is 18.5. The van der Waals surface area contributed by atoms with Gasteiger partial charge in [0.2, 0.25) is 12.1 Å². The number of aliphatic carboxylic acids is 1. The Balaban J connectivity index is 4.03. The predicted molar refractivity (Wildman–Crippen MR) is 112 cm³/mol. The van der Waals surface area contributed by atoms with E-state index in [1.165, 1.54) is 0 Å². The SMILES string of the molecule is COC(C(=O)O)C(=O)NCCCCCCCCN=C(NC(=O)O)NC(=O)OC(C)(C)C. The van der Waals surface area contributed by atoms with Gasteiger partial charge < -0.3 is 25.0 Å². The summed E-state index contributed by atoms with van der Waals surface area (Å²) in [6.45, 7) is 5.77. The monoisotopic (exact) mass is 446 g/mol. The number of amides is 3. The molecule has 5 N–H and O–H groups in total. The third-order valence-electron chi connectivity index (χ3n) is 3.70. The van der Waals surface area contributed by atoms with Gasteiger partial charge in [0.1, 0.15) is 5.60 Å². The number of carboxylic acids is 1. The van der Waals surface area contributed by atoms with Crippen LogP contribution in [0.2, 0.25) is 0 Å². The van der Waals surface area contributed by atoms with Gasteiger partial charge in [-0.3, -0.25) is 20.4 Å². The zero-order chi connectivity index (χ0) is 23.9. The number of nitrogens with zero attached hydrogens (tertiary/aromatic N) is 1. The second-order valence-corrected chi connectivity index (χ2v) is 7.65. The number of ether oxygens (including phenoxy) is 2. The topological polar surface area (TPSA) is 176 Å². The quantitative estimate of drug-likeness (QED) is 0.130. The van der Waals surface area contributed by atoms with Crippen LogP contribution in [0.3, 0.4) is 0 Å². The molecule has 0 bridgehead atoms. The molecule has 0 saturated heterocycles. The molecule has 0 aromatic heterocycles. The molecule has 31 heavy (non-hydrogen) atoms. The number of carbonyl (C=O) groups is 4. The Bertz CT molecular complexity index is 631. The fourth-order valence-corrected chi connectivity index (χ4v) is 2.37. The van der Waals surface area contributed by atoms with Crippen molar-refractivity contribution in [3.05, 3.63) is 0 Å². The van der Waals surface area contributed by atoms with Crippen LogP contribution in [-0.4, -0.2) is 72.1 Å². The molecule has 0 aromatic carbocycles. The fourth-order valence-electron chi connectivity index (χ4n) is 2.37. The van der Waals surface area contributed by atoms with Crippen molar-refractivity contribution in [2.45, 2.75) is 71.0 Å². The standard InChI is InChI=1S/C19H34N4O8/c1-19(2,3)31-18(29)23-16(22-17(27)28)21-12-10-8-6-5-7-9-11-20-14(24)13(30-4)15(25)26/h13H,5-12H2,1-4H3,(H,20,24)(H,25,26)(H,27,28)(H2,21,22,23,29). The molecule has 0 aliphatic heterocycles. The summed E-state index contributed by atoms with van der Waals surface area (Å²) in [7, 11) is 1.16. The number of guanidine groups is 1. The van der Waals surface area contributed by atoms with Crippen molar-refractivity contribution < 1.29 is 38.9 Å². The van der Waals surface area contributed by atoms with E-state index in [9.17, 15) is 19.2 Å². The third kappa shape index (κ3) is 15.6. The number of rotatable bonds is 12. The van der Waals surface area contributed by atoms with Crippen LogP contribution >= 0.6 is 0 Å². The van der Waals surface area contributed by atoms with E-state index in [1.54, 1.807) is 20.8 Å². The van der Waals surface area contributed by atoms with Crippen molar-refractivity contribution in [2.24, 2.45) is 4.99 Å². The molecular formula is C19H34N4O8. The van der Waals surface area contributed by atoms with Gasteiger partial charge in [0.25, 0.3) is 5.91 Å². The van der Waals surface area contributed by atoms with Gasteiger partial charge in [-0.25, -0.2) is 14.4 Å². The Kier molecular flexibility index (Phi) is 13.6. The van der Waals surface area contributed by atoms with Crippen LogP contribution in [0.4, 0.5) is 9.59 Å². The average Bonchev–Trinajstić information content (AvgIpc) is 2.61. The molecule has 12 heteroatoms. The van der Waals surface area contributed by atoms with Crippen molar-refractivity contribution in [1.29, 1.82) is 0 Å². The number of nitrogens with one attached hydrogen (secondary N) is 3. The van der Waals surface area contributed by atoms with Gasteiger partial charge in [0.15, 0.2) is 0 Å². The van der Waals surface area contributed by atoms with Crippen LogP contribution in [0.25, 0.3) is 0 Å². The number of unbranched alkanes of at least 4 members (excludes halogenated alkanes) is 5. The van der Waals surface area contributed by atoms with E-state index in [2.05, 4.69) is 20.4 Å². The van der Waals surface area contributed by atoms with E-state index in [0.29, 0.717) is 25.9 Å². The van der Waals surface area contributed by atoms with Gasteiger partial charge in [-0.2, -0.15) is 0 Å².